The van der Waals surface area contributed by atoms with Gasteiger partial charge in [-0.1, -0.05) is 0 Å². The minimum Gasteiger partial charge on any atom is -0.352 e. The number of carbonyl (C=O) groups is 2. The van der Waals surface area contributed by atoms with Gasteiger partial charge in [0, 0.05) is 25.5 Å². The summed E-state index contributed by atoms with van der Waals surface area (Å²) in [6, 6.07) is 3.16. The minimum absolute atomic E-state index is 0.159. The van der Waals surface area contributed by atoms with Crippen molar-refractivity contribution in [3.63, 3.8) is 0 Å². The van der Waals surface area contributed by atoms with E-state index in [4.69, 9.17) is 0 Å². The van der Waals surface area contributed by atoms with Crippen molar-refractivity contribution in [1.82, 2.24) is 15.6 Å². The summed E-state index contributed by atoms with van der Waals surface area (Å²) in [4.78, 5) is 25.7. The van der Waals surface area contributed by atoms with Gasteiger partial charge in [-0.3, -0.25) is 14.6 Å². The van der Waals surface area contributed by atoms with Crippen molar-refractivity contribution < 1.29 is 22.8 Å². The van der Waals surface area contributed by atoms with E-state index < -0.39 is 12.1 Å². The topological polar surface area (TPSA) is 71.1 Å². The molecule has 1 aromatic rings. The SMILES string of the molecule is O=C(NCCCNC(=O)C(F)(F)F)c1cccnc1. The van der Waals surface area contributed by atoms with Gasteiger partial charge in [0.05, 0.1) is 5.56 Å². The number of aromatic nitrogens is 1. The first-order valence-corrected chi connectivity index (χ1v) is 5.44. The van der Waals surface area contributed by atoms with E-state index >= 15 is 0 Å². The highest BCUT2D eigenvalue weighted by Crippen LogP contribution is 2.13. The van der Waals surface area contributed by atoms with Crippen LogP contribution < -0.4 is 10.6 Å². The second-order valence-electron chi connectivity index (χ2n) is 3.60. The molecule has 0 aliphatic carbocycles. The molecule has 0 saturated carbocycles. The monoisotopic (exact) mass is 275 g/mol. The zero-order valence-electron chi connectivity index (χ0n) is 9.83. The number of hydrogen-bond donors (Lipinski definition) is 2. The predicted octanol–water partition coefficient (Wildman–Crippen LogP) is 0.880. The average molecular weight is 275 g/mol. The van der Waals surface area contributed by atoms with Gasteiger partial charge in [0.2, 0.25) is 0 Å². The molecule has 0 aliphatic rings. The van der Waals surface area contributed by atoms with Crippen molar-refractivity contribution in [3.8, 4) is 0 Å². The van der Waals surface area contributed by atoms with Crippen LogP contribution in [-0.2, 0) is 4.79 Å². The number of hydrogen-bond acceptors (Lipinski definition) is 3. The first kappa shape index (κ1) is 14.9. The van der Waals surface area contributed by atoms with Gasteiger partial charge in [-0.05, 0) is 18.6 Å². The number of rotatable bonds is 5. The molecule has 0 unspecified atom stereocenters. The maximum Gasteiger partial charge on any atom is 0.471 e. The van der Waals surface area contributed by atoms with Gasteiger partial charge in [0.25, 0.3) is 5.91 Å². The lowest BCUT2D eigenvalue weighted by Crippen LogP contribution is -2.38. The Bertz CT molecular complexity index is 435. The van der Waals surface area contributed by atoms with Crippen LogP contribution in [0.4, 0.5) is 13.2 Å². The second-order valence-corrected chi connectivity index (χ2v) is 3.60. The van der Waals surface area contributed by atoms with E-state index in [1.807, 2.05) is 0 Å². The molecule has 0 aliphatic heterocycles. The molecule has 0 saturated heterocycles. The average Bonchev–Trinajstić information content (AvgIpc) is 2.37. The van der Waals surface area contributed by atoms with Crippen molar-refractivity contribution in [2.45, 2.75) is 12.6 Å². The molecular formula is C11H12F3N3O2. The normalized spacial score (nSPS) is 10.9. The Morgan fingerprint density at radius 2 is 1.89 bits per heavy atom. The summed E-state index contributed by atoms with van der Waals surface area (Å²) >= 11 is 0. The number of amides is 2. The van der Waals surface area contributed by atoms with Crippen LogP contribution >= 0.6 is 0 Å². The van der Waals surface area contributed by atoms with Crippen LogP contribution in [-0.4, -0.2) is 36.1 Å². The maximum atomic E-state index is 11.8. The van der Waals surface area contributed by atoms with Crippen LogP contribution in [0.25, 0.3) is 0 Å². The molecular weight excluding hydrogens is 263 g/mol. The summed E-state index contributed by atoms with van der Waals surface area (Å²) in [5.41, 5.74) is 0.363. The summed E-state index contributed by atoms with van der Waals surface area (Å²) in [7, 11) is 0. The number of alkyl halides is 3. The highest BCUT2D eigenvalue weighted by atomic mass is 19.4. The van der Waals surface area contributed by atoms with Gasteiger partial charge in [0.1, 0.15) is 0 Å². The molecule has 19 heavy (non-hydrogen) atoms. The first-order valence-electron chi connectivity index (χ1n) is 5.44. The first-order chi connectivity index (χ1) is 8.91. The van der Waals surface area contributed by atoms with Crippen molar-refractivity contribution >= 4 is 11.8 Å². The summed E-state index contributed by atoms with van der Waals surface area (Å²) < 4.78 is 35.5. The number of nitrogens with one attached hydrogen (secondary N) is 2. The van der Waals surface area contributed by atoms with E-state index in [9.17, 15) is 22.8 Å². The molecule has 0 bridgehead atoms. The third kappa shape index (κ3) is 5.36. The van der Waals surface area contributed by atoms with E-state index in [0.717, 1.165) is 0 Å². The van der Waals surface area contributed by atoms with Gasteiger partial charge in [-0.25, -0.2) is 0 Å². The van der Waals surface area contributed by atoms with E-state index in [1.165, 1.54) is 12.4 Å². The predicted molar refractivity (Wildman–Crippen MR) is 60.3 cm³/mol. The molecule has 0 atom stereocenters. The van der Waals surface area contributed by atoms with Crippen molar-refractivity contribution in [1.29, 1.82) is 0 Å². The molecule has 2 N–H and O–H groups in total. The van der Waals surface area contributed by atoms with Crippen molar-refractivity contribution in [2.75, 3.05) is 13.1 Å². The van der Waals surface area contributed by atoms with E-state index in [0.29, 0.717) is 5.56 Å². The van der Waals surface area contributed by atoms with Crippen LogP contribution in [0.2, 0.25) is 0 Å². The zero-order valence-corrected chi connectivity index (χ0v) is 9.83. The number of nitrogens with zero attached hydrogens (tertiary/aromatic N) is 1. The lowest BCUT2D eigenvalue weighted by molar-refractivity contribution is -0.173. The smallest absolute Gasteiger partial charge is 0.352 e. The fourth-order valence-electron chi connectivity index (χ4n) is 1.19. The Morgan fingerprint density at radius 3 is 2.47 bits per heavy atom. The van der Waals surface area contributed by atoms with Gasteiger partial charge >= 0.3 is 12.1 Å². The number of carbonyl (C=O) groups excluding carboxylic acids is 2. The molecule has 1 aromatic heterocycles. The highest BCUT2D eigenvalue weighted by molar-refractivity contribution is 5.93. The zero-order chi connectivity index (χ0) is 14.3. The standard InChI is InChI=1S/C11H12F3N3O2/c12-11(13,14)10(19)17-6-2-5-16-9(18)8-3-1-4-15-7-8/h1,3-4,7H,2,5-6H2,(H,16,18)(H,17,19). The molecule has 8 heteroatoms. The van der Waals surface area contributed by atoms with Gasteiger partial charge in [0.15, 0.2) is 0 Å². The van der Waals surface area contributed by atoms with Crippen molar-refractivity contribution in [3.05, 3.63) is 30.1 Å². The number of halogens is 3. The maximum absolute atomic E-state index is 11.8. The highest BCUT2D eigenvalue weighted by Gasteiger charge is 2.38. The second kappa shape index (κ2) is 6.72. The Kier molecular flexibility index (Phi) is 5.28. The molecule has 2 amide bonds. The fourth-order valence-corrected chi connectivity index (χ4v) is 1.19. The van der Waals surface area contributed by atoms with E-state index in [1.54, 1.807) is 17.4 Å². The van der Waals surface area contributed by atoms with Crippen LogP contribution in [0, 0.1) is 0 Å². The fraction of sp³-hybridized carbons (Fsp3) is 0.364. The Hall–Kier alpha value is -2.12. The van der Waals surface area contributed by atoms with Crippen molar-refractivity contribution in [2.24, 2.45) is 0 Å². The Balaban J connectivity index is 2.18. The molecule has 0 spiro atoms. The molecule has 1 rings (SSSR count). The Labute approximate surface area is 107 Å². The van der Waals surface area contributed by atoms with Gasteiger partial charge < -0.3 is 10.6 Å². The van der Waals surface area contributed by atoms with Crippen LogP contribution in [0.5, 0.6) is 0 Å². The van der Waals surface area contributed by atoms with Crippen LogP contribution in [0.15, 0.2) is 24.5 Å². The largest absolute Gasteiger partial charge is 0.471 e. The summed E-state index contributed by atoms with van der Waals surface area (Å²) in [6.07, 6.45) is -1.78. The third-order valence-corrected chi connectivity index (χ3v) is 2.11. The summed E-state index contributed by atoms with van der Waals surface area (Å²) in [5.74, 6) is -2.35. The molecule has 1 heterocycles. The van der Waals surface area contributed by atoms with Crippen LogP contribution in [0.1, 0.15) is 16.8 Å². The quantitative estimate of drug-likeness (QED) is 0.784. The molecule has 0 aromatic carbocycles. The summed E-state index contributed by atoms with van der Waals surface area (Å²) in [6.45, 7) is -0.00245. The summed E-state index contributed by atoms with van der Waals surface area (Å²) in [5, 5.41) is 4.21. The molecule has 0 radical (unpaired) electrons. The Morgan fingerprint density at radius 1 is 1.21 bits per heavy atom. The van der Waals surface area contributed by atoms with E-state index in [2.05, 4.69) is 10.3 Å². The lowest BCUT2D eigenvalue weighted by atomic mass is 10.2. The number of pyridine rings is 1. The molecule has 104 valence electrons. The molecule has 5 nitrogen and oxygen atoms in total. The van der Waals surface area contributed by atoms with E-state index in [-0.39, 0.29) is 25.4 Å². The van der Waals surface area contributed by atoms with Gasteiger partial charge in [-0.2, -0.15) is 13.2 Å². The van der Waals surface area contributed by atoms with Crippen LogP contribution in [0.3, 0.4) is 0 Å². The molecule has 0 fully saturated rings. The van der Waals surface area contributed by atoms with Gasteiger partial charge in [-0.15, -0.1) is 0 Å². The third-order valence-electron chi connectivity index (χ3n) is 2.11. The lowest BCUT2D eigenvalue weighted by Gasteiger charge is -2.08. The minimum atomic E-state index is -4.88.